The summed E-state index contributed by atoms with van der Waals surface area (Å²) >= 11 is 0. The maximum Gasteiger partial charge on any atom is 0.237 e. The van der Waals surface area contributed by atoms with Gasteiger partial charge in [-0.15, -0.1) is 0 Å². The standard InChI is InChI=1S/C11H23N3O/c1-7(2)10(13)11(15)14-9-5-3-4-8(12)6-9/h7-10H,3-6,12-13H2,1-2H3,(H,14,15)/t8?,9?,10-/m1/s1. The van der Waals surface area contributed by atoms with Gasteiger partial charge in [0.15, 0.2) is 0 Å². The summed E-state index contributed by atoms with van der Waals surface area (Å²) in [6.07, 6.45) is 4.09. The Morgan fingerprint density at radius 1 is 1.40 bits per heavy atom. The van der Waals surface area contributed by atoms with Gasteiger partial charge in [-0.3, -0.25) is 4.79 Å². The minimum Gasteiger partial charge on any atom is -0.352 e. The maximum atomic E-state index is 11.7. The summed E-state index contributed by atoms with van der Waals surface area (Å²) < 4.78 is 0. The Balaban J connectivity index is 2.37. The van der Waals surface area contributed by atoms with Gasteiger partial charge in [0.05, 0.1) is 6.04 Å². The summed E-state index contributed by atoms with van der Waals surface area (Å²) in [6.45, 7) is 3.91. The minimum atomic E-state index is -0.400. The van der Waals surface area contributed by atoms with Gasteiger partial charge in [0.1, 0.15) is 0 Å². The van der Waals surface area contributed by atoms with Crippen molar-refractivity contribution in [3.05, 3.63) is 0 Å². The van der Waals surface area contributed by atoms with Crippen LogP contribution in [0.4, 0.5) is 0 Å². The fourth-order valence-electron chi connectivity index (χ4n) is 1.96. The van der Waals surface area contributed by atoms with Crippen molar-refractivity contribution in [3.8, 4) is 0 Å². The molecule has 0 radical (unpaired) electrons. The molecular weight excluding hydrogens is 190 g/mol. The van der Waals surface area contributed by atoms with E-state index < -0.39 is 6.04 Å². The number of carbonyl (C=O) groups excluding carboxylic acids is 1. The van der Waals surface area contributed by atoms with Crippen LogP contribution in [0.15, 0.2) is 0 Å². The highest BCUT2D eigenvalue weighted by Gasteiger charge is 2.24. The number of amides is 1. The molecule has 4 nitrogen and oxygen atoms in total. The van der Waals surface area contributed by atoms with Crippen LogP contribution in [-0.4, -0.2) is 24.0 Å². The molecule has 1 aliphatic carbocycles. The first kappa shape index (κ1) is 12.5. The molecule has 0 heterocycles. The zero-order chi connectivity index (χ0) is 11.4. The molecule has 4 heteroatoms. The van der Waals surface area contributed by atoms with E-state index in [0.717, 1.165) is 25.7 Å². The first-order chi connectivity index (χ1) is 7.00. The lowest BCUT2D eigenvalue weighted by Gasteiger charge is -2.28. The van der Waals surface area contributed by atoms with Crippen molar-refractivity contribution < 1.29 is 4.79 Å². The van der Waals surface area contributed by atoms with Gasteiger partial charge < -0.3 is 16.8 Å². The van der Waals surface area contributed by atoms with E-state index in [1.165, 1.54) is 0 Å². The Kier molecular flexibility index (Phi) is 4.54. The van der Waals surface area contributed by atoms with E-state index >= 15 is 0 Å². The second-order valence-corrected chi connectivity index (χ2v) is 4.90. The van der Waals surface area contributed by atoms with Crippen LogP contribution in [0.3, 0.4) is 0 Å². The van der Waals surface area contributed by atoms with Crippen molar-refractivity contribution in [2.24, 2.45) is 17.4 Å². The molecule has 0 spiro atoms. The average molecular weight is 213 g/mol. The van der Waals surface area contributed by atoms with Gasteiger partial charge in [-0.25, -0.2) is 0 Å². The van der Waals surface area contributed by atoms with E-state index in [0.29, 0.717) is 0 Å². The molecule has 1 aliphatic rings. The van der Waals surface area contributed by atoms with Crippen molar-refractivity contribution >= 4 is 5.91 Å². The van der Waals surface area contributed by atoms with E-state index in [-0.39, 0.29) is 23.9 Å². The highest BCUT2D eigenvalue weighted by Crippen LogP contribution is 2.17. The van der Waals surface area contributed by atoms with E-state index in [9.17, 15) is 4.79 Å². The van der Waals surface area contributed by atoms with Crippen molar-refractivity contribution in [2.75, 3.05) is 0 Å². The smallest absolute Gasteiger partial charge is 0.237 e. The average Bonchev–Trinajstić information content (AvgIpc) is 2.16. The molecule has 15 heavy (non-hydrogen) atoms. The lowest BCUT2D eigenvalue weighted by molar-refractivity contribution is -0.124. The number of rotatable bonds is 3. The normalized spacial score (nSPS) is 28.9. The zero-order valence-electron chi connectivity index (χ0n) is 9.70. The molecule has 3 atom stereocenters. The second-order valence-electron chi connectivity index (χ2n) is 4.90. The molecule has 88 valence electrons. The molecule has 5 N–H and O–H groups in total. The summed E-state index contributed by atoms with van der Waals surface area (Å²) in [7, 11) is 0. The fraction of sp³-hybridized carbons (Fsp3) is 0.909. The van der Waals surface area contributed by atoms with Crippen LogP contribution in [0, 0.1) is 5.92 Å². The summed E-state index contributed by atoms with van der Waals surface area (Å²) in [5, 5.41) is 2.99. The molecular formula is C11H23N3O. The van der Waals surface area contributed by atoms with Gasteiger partial charge in [0.2, 0.25) is 5.91 Å². The molecule has 2 unspecified atom stereocenters. The molecule has 1 saturated carbocycles. The number of nitrogens with one attached hydrogen (secondary N) is 1. The van der Waals surface area contributed by atoms with Gasteiger partial charge in [-0.2, -0.15) is 0 Å². The summed E-state index contributed by atoms with van der Waals surface area (Å²) in [4.78, 5) is 11.7. The topological polar surface area (TPSA) is 81.1 Å². The number of hydrogen-bond acceptors (Lipinski definition) is 3. The number of hydrogen-bond donors (Lipinski definition) is 3. The van der Waals surface area contributed by atoms with Crippen LogP contribution in [0.5, 0.6) is 0 Å². The lowest BCUT2D eigenvalue weighted by atomic mass is 9.91. The Hall–Kier alpha value is -0.610. The van der Waals surface area contributed by atoms with Crippen molar-refractivity contribution in [2.45, 2.75) is 57.7 Å². The molecule has 0 saturated heterocycles. The monoisotopic (exact) mass is 213 g/mol. The Morgan fingerprint density at radius 2 is 2.07 bits per heavy atom. The molecule has 0 bridgehead atoms. The van der Waals surface area contributed by atoms with Crippen LogP contribution >= 0.6 is 0 Å². The minimum absolute atomic E-state index is 0.0379. The highest BCUT2D eigenvalue weighted by atomic mass is 16.2. The first-order valence-electron chi connectivity index (χ1n) is 5.82. The van der Waals surface area contributed by atoms with Crippen LogP contribution in [0.25, 0.3) is 0 Å². The van der Waals surface area contributed by atoms with Crippen LogP contribution in [0.2, 0.25) is 0 Å². The van der Waals surface area contributed by atoms with E-state index in [1.807, 2.05) is 13.8 Å². The zero-order valence-corrected chi connectivity index (χ0v) is 9.70. The third kappa shape index (κ3) is 3.80. The molecule has 0 aromatic rings. The van der Waals surface area contributed by atoms with Gasteiger partial charge >= 0.3 is 0 Å². The van der Waals surface area contributed by atoms with Crippen LogP contribution < -0.4 is 16.8 Å². The predicted molar refractivity (Wildman–Crippen MR) is 61.2 cm³/mol. The third-order valence-electron chi connectivity index (χ3n) is 3.08. The second kappa shape index (κ2) is 5.47. The number of nitrogens with two attached hydrogens (primary N) is 2. The van der Waals surface area contributed by atoms with Crippen molar-refractivity contribution in [1.82, 2.24) is 5.32 Å². The largest absolute Gasteiger partial charge is 0.352 e. The highest BCUT2D eigenvalue weighted by molar-refractivity contribution is 5.82. The molecule has 1 fully saturated rings. The molecule has 0 aromatic heterocycles. The Labute approximate surface area is 91.8 Å². The fourth-order valence-corrected chi connectivity index (χ4v) is 1.96. The summed E-state index contributed by atoms with van der Waals surface area (Å²) in [5.74, 6) is 0.145. The third-order valence-corrected chi connectivity index (χ3v) is 3.08. The van der Waals surface area contributed by atoms with Crippen molar-refractivity contribution in [3.63, 3.8) is 0 Å². The van der Waals surface area contributed by atoms with Gasteiger partial charge in [0, 0.05) is 12.1 Å². The first-order valence-corrected chi connectivity index (χ1v) is 5.82. The molecule has 1 rings (SSSR count). The molecule has 1 amide bonds. The molecule has 0 aliphatic heterocycles. The van der Waals surface area contributed by atoms with Crippen LogP contribution in [0.1, 0.15) is 39.5 Å². The summed E-state index contributed by atoms with van der Waals surface area (Å²) in [5.41, 5.74) is 11.6. The quantitative estimate of drug-likeness (QED) is 0.633. The molecule has 0 aromatic carbocycles. The Bertz CT molecular complexity index is 218. The van der Waals surface area contributed by atoms with Crippen molar-refractivity contribution in [1.29, 1.82) is 0 Å². The summed E-state index contributed by atoms with van der Waals surface area (Å²) in [6, 6.07) is 0.0634. The van der Waals surface area contributed by atoms with E-state index in [4.69, 9.17) is 11.5 Å². The lowest BCUT2D eigenvalue weighted by Crippen LogP contribution is -2.50. The van der Waals surface area contributed by atoms with Gasteiger partial charge in [0.25, 0.3) is 0 Å². The Morgan fingerprint density at radius 3 is 2.60 bits per heavy atom. The number of carbonyl (C=O) groups is 1. The van der Waals surface area contributed by atoms with Gasteiger partial charge in [-0.05, 0) is 31.6 Å². The SMILES string of the molecule is CC(C)[C@@H](N)C(=O)NC1CCCC(N)C1. The predicted octanol–water partition coefficient (Wildman–Crippen LogP) is 0.356. The van der Waals surface area contributed by atoms with E-state index in [2.05, 4.69) is 5.32 Å². The van der Waals surface area contributed by atoms with E-state index in [1.54, 1.807) is 0 Å². The van der Waals surface area contributed by atoms with Gasteiger partial charge in [-0.1, -0.05) is 13.8 Å². The van der Waals surface area contributed by atoms with Crippen LogP contribution in [-0.2, 0) is 4.79 Å². The maximum absolute atomic E-state index is 11.7.